The Bertz CT molecular complexity index is 797. The van der Waals surface area contributed by atoms with Gasteiger partial charge in [0.25, 0.3) is 5.56 Å². The standard InChI is InChI=1S/C17H18N2O4/c20-13-7-3-4-8-14(13)23-16(21)10-9-15-18-12-6-2-1-5-11(12)17(22)19-15/h1-2,5-6,14H,3-4,7-10H2,(H,18,19,22)/t14-/m0/s1. The molecule has 1 saturated carbocycles. The van der Waals surface area contributed by atoms with Gasteiger partial charge in [0, 0.05) is 12.8 Å². The summed E-state index contributed by atoms with van der Waals surface area (Å²) in [5.41, 5.74) is 0.378. The van der Waals surface area contributed by atoms with Crippen LogP contribution in [0.25, 0.3) is 10.9 Å². The van der Waals surface area contributed by atoms with Crippen molar-refractivity contribution in [3.8, 4) is 0 Å². The number of hydrogen-bond acceptors (Lipinski definition) is 5. The van der Waals surface area contributed by atoms with E-state index in [0.717, 1.165) is 12.8 Å². The van der Waals surface area contributed by atoms with Gasteiger partial charge in [0.2, 0.25) is 0 Å². The van der Waals surface area contributed by atoms with Crippen LogP contribution in [0.5, 0.6) is 0 Å². The second-order valence-corrected chi connectivity index (χ2v) is 5.72. The summed E-state index contributed by atoms with van der Waals surface area (Å²) in [4.78, 5) is 42.5. The summed E-state index contributed by atoms with van der Waals surface area (Å²) in [6, 6.07) is 7.04. The molecular formula is C17H18N2O4. The first-order chi connectivity index (χ1) is 11.1. The van der Waals surface area contributed by atoms with Crippen LogP contribution in [0.2, 0.25) is 0 Å². The van der Waals surface area contributed by atoms with Crippen LogP contribution in [-0.2, 0) is 20.7 Å². The number of fused-ring (bicyclic) bond motifs is 1. The molecule has 1 heterocycles. The summed E-state index contributed by atoms with van der Waals surface area (Å²) in [5, 5.41) is 0.520. The Morgan fingerprint density at radius 2 is 2.09 bits per heavy atom. The number of para-hydroxylation sites is 1. The summed E-state index contributed by atoms with van der Waals surface area (Å²) < 4.78 is 5.23. The van der Waals surface area contributed by atoms with Gasteiger partial charge in [-0.15, -0.1) is 0 Å². The van der Waals surface area contributed by atoms with E-state index in [0.29, 0.717) is 29.6 Å². The van der Waals surface area contributed by atoms with Crippen molar-refractivity contribution in [1.29, 1.82) is 0 Å². The monoisotopic (exact) mass is 314 g/mol. The molecule has 1 aromatic carbocycles. The molecule has 0 amide bonds. The van der Waals surface area contributed by atoms with E-state index in [-0.39, 0.29) is 24.2 Å². The molecule has 1 aliphatic rings. The zero-order valence-electron chi connectivity index (χ0n) is 12.7. The van der Waals surface area contributed by atoms with E-state index in [4.69, 9.17) is 4.74 Å². The van der Waals surface area contributed by atoms with E-state index in [2.05, 4.69) is 9.97 Å². The van der Waals surface area contributed by atoms with Crippen molar-refractivity contribution in [2.45, 2.75) is 44.6 Å². The lowest BCUT2D eigenvalue weighted by molar-refractivity contribution is -0.156. The molecule has 0 spiro atoms. The second kappa shape index (κ2) is 6.73. The zero-order valence-corrected chi connectivity index (χ0v) is 12.7. The van der Waals surface area contributed by atoms with Gasteiger partial charge < -0.3 is 9.72 Å². The number of benzene rings is 1. The van der Waals surface area contributed by atoms with E-state index < -0.39 is 12.1 Å². The number of aromatic nitrogens is 2. The minimum absolute atomic E-state index is 0.00170. The van der Waals surface area contributed by atoms with Crippen molar-refractivity contribution >= 4 is 22.7 Å². The van der Waals surface area contributed by atoms with E-state index in [9.17, 15) is 14.4 Å². The lowest BCUT2D eigenvalue weighted by atomic mass is 9.96. The Morgan fingerprint density at radius 3 is 2.91 bits per heavy atom. The number of aromatic amines is 1. The van der Waals surface area contributed by atoms with Crippen LogP contribution in [0, 0.1) is 0 Å². The molecular weight excluding hydrogens is 296 g/mol. The maximum atomic E-state index is 11.9. The summed E-state index contributed by atoms with van der Waals surface area (Å²) in [6.07, 6.45) is 2.64. The molecule has 3 rings (SSSR count). The number of nitrogens with zero attached hydrogens (tertiary/aromatic N) is 1. The highest BCUT2D eigenvalue weighted by Crippen LogP contribution is 2.18. The zero-order chi connectivity index (χ0) is 16.2. The summed E-state index contributed by atoms with van der Waals surface area (Å²) >= 11 is 0. The number of aryl methyl sites for hydroxylation is 1. The van der Waals surface area contributed by atoms with Gasteiger partial charge in [-0.2, -0.15) is 0 Å². The highest BCUT2D eigenvalue weighted by atomic mass is 16.5. The Kier molecular flexibility index (Phi) is 4.50. The number of esters is 1. The molecule has 0 radical (unpaired) electrons. The third-order valence-corrected chi connectivity index (χ3v) is 4.00. The number of ether oxygens (including phenoxy) is 1. The van der Waals surface area contributed by atoms with Gasteiger partial charge in [-0.25, -0.2) is 4.98 Å². The molecule has 0 saturated heterocycles. The van der Waals surface area contributed by atoms with Gasteiger partial charge in [-0.1, -0.05) is 12.1 Å². The number of ketones is 1. The van der Waals surface area contributed by atoms with Gasteiger partial charge in [0.1, 0.15) is 5.82 Å². The first-order valence-electron chi connectivity index (χ1n) is 7.83. The van der Waals surface area contributed by atoms with E-state index >= 15 is 0 Å². The fraction of sp³-hybridized carbons (Fsp3) is 0.412. The third kappa shape index (κ3) is 3.64. The fourth-order valence-corrected chi connectivity index (χ4v) is 2.77. The first-order valence-corrected chi connectivity index (χ1v) is 7.83. The van der Waals surface area contributed by atoms with Crippen molar-refractivity contribution in [3.05, 3.63) is 40.4 Å². The predicted molar refractivity (Wildman–Crippen MR) is 84.0 cm³/mol. The van der Waals surface area contributed by atoms with Crippen LogP contribution in [-0.4, -0.2) is 27.8 Å². The first kappa shape index (κ1) is 15.4. The topological polar surface area (TPSA) is 89.1 Å². The molecule has 2 aromatic rings. The van der Waals surface area contributed by atoms with Crippen molar-refractivity contribution < 1.29 is 14.3 Å². The molecule has 1 atom stereocenters. The molecule has 23 heavy (non-hydrogen) atoms. The third-order valence-electron chi connectivity index (χ3n) is 4.00. The van der Waals surface area contributed by atoms with Crippen LogP contribution < -0.4 is 5.56 Å². The van der Waals surface area contributed by atoms with Crippen molar-refractivity contribution in [3.63, 3.8) is 0 Å². The van der Waals surface area contributed by atoms with Crippen molar-refractivity contribution in [1.82, 2.24) is 9.97 Å². The minimum Gasteiger partial charge on any atom is -0.454 e. The summed E-state index contributed by atoms with van der Waals surface area (Å²) in [7, 11) is 0. The van der Waals surface area contributed by atoms with Crippen LogP contribution in [0.15, 0.2) is 29.1 Å². The number of Topliss-reactive ketones (excluding diaryl/α,β-unsaturated/α-hetero) is 1. The highest BCUT2D eigenvalue weighted by Gasteiger charge is 2.25. The Morgan fingerprint density at radius 1 is 1.26 bits per heavy atom. The second-order valence-electron chi connectivity index (χ2n) is 5.72. The SMILES string of the molecule is O=C(CCc1nc2ccccc2c(=O)[nH]1)O[C@H]1CCCCC1=O. The van der Waals surface area contributed by atoms with Gasteiger partial charge in [-0.3, -0.25) is 14.4 Å². The van der Waals surface area contributed by atoms with Crippen molar-refractivity contribution in [2.75, 3.05) is 0 Å². The average Bonchev–Trinajstić information content (AvgIpc) is 2.55. The highest BCUT2D eigenvalue weighted by molar-refractivity contribution is 5.86. The minimum atomic E-state index is -0.597. The molecule has 0 bridgehead atoms. The number of carbonyl (C=O) groups is 2. The fourth-order valence-electron chi connectivity index (χ4n) is 2.77. The summed E-state index contributed by atoms with van der Waals surface area (Å²) in [5.74, 6) is 0.0171. The van der Waals surface area contributed by atoms with Crippen LogP contribution in [0.3, 0.4) is 0 Å². The lowest BCUT2D eigenvalue weighted by Gasteiger charge is -2.20. The average molecular weight is 314 g/mol. The quantitative estimate of drug-likeness (QED) is 0.871. The molecule has 6 heteroatoms. The smallest absolute Gasteiger partial charge is 0.306 e. The van der Waals surface area contributed by atoms with Crippen LogP contribution >= 0.6 is 0 Å². The number of carbonyl (C=O) groups excluding carboxylic acids is 2. The molecule has 1 N–H and O–H groups in total. The maximum absolute atomic E-state index is 11.9. The van der Waals surface area contributed by atoms with Crippen molar-refractivity contribution in [2.24, 2.45) is 0 Å². The largest absolute Gasteiger partial charge is 0.454 e. The van der Waals surface area contributed by atoms with E-state index in [1.54, 1.807) is 18.2 Å². The normalized spacial score (nSPS) is 18.1. The molecule has 6 nitrogen and oxygen atoms in total. The Balaban J connectivity index is 1.62. The Hall–Kier alpha value is -2.50. The number of rotatable bonds is 4. The molecule has 0 aliphatic heterocycles. The summed E-state index contributed by atoms with van der Waals surface area (Å²) in [6.45, 7) is 0. The molecule has 1 aliphatic carbocycles. The maximum Gasteiger partial charge on any atom is 0.306 e. The molecule has 1 fully saturated rings. The molecule has 1 aromatic heterocycles. The lowest BCUT2D eigenvalue weighted by Crippen LogP contribution is -2.30. The Labute approximate surface area is 132 Å². The number of hydrogen-bond donors (Lipinski definition) is 1. The van der Waals surface area contributed by atoms with Crippen LogP contribution in [0.4, 0.5) is 0 Å². The van der Waals surface area contributed by atoms with E-state index in [1.807, 2.05) is 6.07 Å². The number of H-pyrrole nitrogens is 1. The van der Waals surface area contributed by atoms with Crippen LogP contribution in [0.1, 0.15) is 37.9 Å². The van der Waals surface area contributed by atoms with Gasteiger partial charge in [-0.05, 0) is 31.4 Å². The van der Waals surface area contributed by atoms with Gasteiger partial charge in [0.15, 0.2) is 11.9 Å². The molecule has 120 valence electrons. The molecule has 0 unspecified atom stereocenters. The van der Waals surface area contributed by atoms with E-state index in [1.165, 1.54) is 0 Å². The van der Waals surface area contributed by atoms with Gasteiger partial charge >= 0.3 is 5.97 Å². The number of nitrogens with one attached hydrogen (secondary N) is 1. The van der Waals surface area contributed by atoms with Gasteiger partial charge in [0.05, 0.1) is 17.3 Å². The predicted octanol–water partition coefficient (Wildman–Crippen LogP) is 1.91.